The van der Waals surface area contributed by atoms with Crippen molar-refractivity contribution in [2.45, 2.75) is 128 Å². The number of carboxylic acids is 1. The normalized spacial score (nSPS) is 15.8. The van der Waals surface area contributed by atoms with Crippen LogP contribution in [0.25, 0.3) is 0 Å². The Morgan fingerprint density at radius 3 is 1.92 bits per heavy atom. The lowest BCUT2D eigenvalue weighted by Crippen LogP contribution is -2.59. The van der Waals surface area contributed by atoms with E-state index >= 15 is 0 Å². The third-order valence-corrected chi connectivity index (χ3v) is 9.32. The second kappa shape index (κ2) is 23.4. The number of benzene rings is 1. The summed E-state index contributed by atoms with van der Waals surface area (Å²) in [7, 11) is 0. The van der Waals surface area contributed by atoms with Crippen LogP contribution in [0.2, 0.25) is 0 Å². The van der Waals surface area contributed by atoms with Crippen LogP contribution in [0.3, 0.4) is 0 Å². The van der Waals surface area contributed by atoms with Crippen LogP contribution < -0.4 is 32.3 Å². The third-order valence-electron chi connectivity index (χ3n) is 8.88. The van der Waals surface area contributed by atoms with Crippen LogP contribution in [0.4, 0.5) is 0 Å². The molecule has 1 aliphatic carbocycles. The molecule has 53 heavy (non-hydrogen) atoms. The van der Waals surface area contributed by atoms with Gasteiger partial charge in [0.1, 0.15) is 30.2 Å². The van der Waals surface area contributed by atoms with E-state index in [0.717, 1.165) is 37.7 Å². The van der Waals surface area contributed by atoms with E-state index in [-0.39, 0.29) is 43.9 Å². The van der Waals surface area contributed by atoms with Crippen molar-refractivity contribution in [2.75, 3.05) is 0 Å². The quantitative estimate of drug-likeness (QED) is 0.0832. The Labute approximate surface area is 323 Å². The van der Waals surface area contributed by atoms with Gasteiger partial charge in [-0.1, -0.05) is 76.3 Å². The Bertz CT molecular complexity index is 1420. The number of aliphatic carboxylic acids is 1. The molecule has 0 aliphatic heterocycles. The molecule has 0 saturated heterocycles. The molecule has 1 aromatic carbocycles. The molecule has 0 spiro atoms. The number of carbonyl (C=O) groups is 8. The second-order valence-corrected chi connectivity index (χ2v) is 14.3. The first-order valence-corrected chi connectivity index (χ1v) is 18.8. The minimum Gasteiger partial charge on any atom is -0.481 e. The fraction of sp³-hybridized carbons (Fsp3) is 0.611. The summed E-state index contributed by atoms with van der Waals surface area (Å²) in [5.41, 5.74) is 6.26. The number of primary amides is 1. The average Bonchev–Trinajstić information content (AvgIpc) is 3.11. The van der Waals surface area contributed by atoms with Crippen molar-refractivity contribution in [1.82, 2.24) is 26.6 Å². The summed E-state index contributed by atoms with van der Waals surface area (Å²) in [6.45, 7) is 4.99. The molecule has 16 nitrogen and oxygen atoms in total. The van der Waals surface area contributed by atoms with Gasteiger partial charge in [0, 0.05) is 12.8 Å². The van der Waals surface area contributed by atoms with Crippen molar-refractivity contribution in [3.63, 3.8) is 0 Å². The number of hydrogen-bond acceptors (Lipinski definition) is 9. The molecule has 0 unspecified atom stereocenters. The van der Waals surface area contributed by atoms with Crippen LogP contribution in [0.1, 0.15) is 97.0 Å². The average molecular weight is 857 g/mol. The molecule has 5 atom stereocenters. The van der Waals surface area contributed by atoms with Gasteiger partial charge in [0.05, 0.1) is 6.42 Å². The molecule has 8 N–H and O–H groups in total. The molecule has 1 saturated carbocycles. The molecule has 0 aromatic heterocycles. The number of nitrogens with one attached hydrogen (secondary N) is 5. The van der Waals surface area contributed by atoms with Crippen molar-refractivity contribution in [2.24, 2.45) is 17.6 Å². The first-order valence-electron chi connectivity index (χ1n) is 18.0. The van der Waals surface area contributed by atoms with Crippen LogP contribution in [0.5, 0.6) is 0 Å². The lowest BCUT2D eigenvalue weighted by Gasteiger charge is -2.29. The zero-order valence-corrected chi connectivity index (χ0v) is 32.6. The summed E-state index contributed by atoms with van der Waals surface area (Å²) in [4.78, 5) is 102. The summed E-state index contributed by atoms with van der Waals surface area (Å²) in [6, 6.07) is 2.94. The smallest absolute Gasteiger partial charge is 0.337 e. The SMILES string of the molecule is CC(C)C[C@H](NC(=O)[C@H](CC(=O)O)NC(=O)[C@H](CC1CCCCC1)NC(=O)[C@H](CCC(N)=O)NC(=O)CCc1ccccc1)C(=O)N[C@@H](C)C(=O)OI. The van der Waals surface area contributed by atoms with Gasteiger partial charge in [0.2, 0.25) is 35.4 Å². The summed E-state index contributed by atoms with van der Waals surface area (Å²) >= 11 is 1.38. The van der Waals surface area contributed by atoms with Gasteiger partial charge in [-0.05, 0) is 50.0 Å². The summed E-state index contributed by atoms with van der Waals surface area (Å²) in [5.74, 6) is -6.61. The van der Waals surface area contributed by atoms with Gasteiger partial charge in [-0.15, -0.1) is 0 Å². The molecule has 1 fully saturated rings. The number of rotatable bonds is 22. The second-order valence-electron chi connectivity index (χ2n) is 13.9. The van der Waals surface area contributed by atoms with Crippen molar-refractivity contribution >= 4 is 70.4 Å². The maximum atomic E-state index is 13.9. The third kappa shape index (κ3) is 17.4. The van der Waals surface area contributed by atoms with E-state index in [1.807, 2.05) is 30.3 Å². The van der Waals surface area contributed by atoms with Gasteiger partial charge < -0.3 is 40.5 Å². The zero-order chi connectivity index (χ0) is 39.5. The molecule has 2 rings (SSSR count). The van der Waals surface area contributed by atoms with Crippen LogP contribution in [-0.4, -0.2) is 82.7 Å². The minimum absolute atomic E-state index is 0.0337. The highest BCUT2D eigenvalue weighted by Gasteiger charge is 2.34. The number of amides is 6. The maximum Gasteiger partial charge on any atom is 0.337 e. The summed E-state index contributed by atoms with van der Waals surface area (Å²) in [6.07, 6.45) is 4.00. The molecule has 1 aromatic rings. The predicted octanol–water partition coefficient (Wildman–Crippen LogP) is 1.71. The summed E-state index contributed by atoms with van der Waals surface area (Å²) < 4.78 is 4.61. The van der Waals surface area contributed by atoms with Gasteiger partial charge in [0.25, 0.3) is 0 Å². The minimum atomic E-state index is -1.65. The molecule has 6 amide bonds. The number of carbonyl (C=O) groups excluding carboxylic acids is 7. The van der Waals surface area contributed by atoms with Gasteiger partial charge in [-0.3, -0.25) is 33.6 Å². The van der Waals surface area contributed by atoms with Gasteiger partial charge in [0.15, 0.2) is 23.0 Å². The van der Waals surface area contributed by atoms with E-state index < -0.39 is 84.0 Å². The standard InChI is InChI=1S/C36H53IN6O10/c1-21(2)18-26(33(49)39-22(3)36(52)53-37)41-35(51)28(20-31(46)47)43-34(50)27(19-24-12-8-5-9-13-24)42-32(48)25(15-16-29(38)44)40-30(45)17-14-23-10-6-4-7-11-23/h4,6-7,10-11,21-22,24-28H,5,8-9,12-20H2,1-3H3,(H2,38,44)(H,39,49)(H,40,45)(H,41,51)(H,42,48)(H,43,50)(H,46,47)/t22-,25-,26-,27-,28-/m0/s1. The number of halogens is 1. The van der Waals surface area contributed by atoms with Gasteiger partial charge in [-0.2, -0.15) is 0 Å². The van der Waals surface area contributed by atoms with Crippen molar-refractivity contribution in [3.8, 4) is 0 Å². The fourth-order valence-electron chi connectivity index (χ4n) is 6.06. The topological polar surface area (TPSA) is 252 Å². The zero-order valence-electron chi connectivity index (χ0n) is 30.5. The molecule has 1 aliphatic rings. The largest absolute Gasteiger partial charge is 0.481 e. The Hall–Kier alpha value is -4.29. The highest BCUT2D eigenvalue weighted by atomic mass is 127. The number of aryl methyl sites for hydroxylation is 1. The molecule has 0 bridgehead atoms. The van der Waals surface area contributed by atoms with Crippen molar-refractivity contribution in [1.29, 1.82) is 0 Å². The molecule has 294 valence electrons. The summed E-state index contributed by atoms with van der Waals surface area (Å²) in [5, 5.41) is 22.4. The number of nitrogens with two attached hydrogens (primary N) is 1. The van der Waals surface area contributed by atoms with Gasteiger partial charge in [-0.25, -0.2) is 4.79 Å². The Balaban J connectivity index is 2.28. The van der Waals surface area contributed by atoms with E-state index in [0.29, 0.717) is 6.42 Å². The molecular weight excluding hydrogens is 803 g/mol. The van der Waals surface area contributed by atoms with Crippen LogP contribution in [0.15, 0.2) is 30.3 Å². The first kappa shape index (κ1) is 44.9. The van der Waals surface area contributed by atoms with Crippen LogP contribution in [0, 0.1) is 11.8 Å². The van der Waals surface area contributed by atoms with Crippen LogP contribution >= 0.6 is 23.0 Å². The Morgan fingerprint density at radius 1 is 0.774 bits per heavy atom. The first-order chi connectivity index (χ1) is 25.1. The Morgan fingerprint density at radius 2 is 1.34 bits per heavy atom. The van der Waals surface area contributed by atoms with E-state index in [9.17, 15) is 43.5 Å². The highest BCUT2D eigenvalue weighted by Crippen LogP contribution is 2.27. The Kier molecular flexibility index (Phi) is 19.8. The number of carboxylic acid groups (broad SMARTS) is 1. The molecule has 0 heterocycles. The fourth-order valence-corrected chi connectivity index (χ4v) is 6.44. The predicted molar refractivity (Wildman–Crippen MR) is 202 cm³/mol. The van der Waals surface area contributed by atoms with Crippen molar-refractivity contribution < 1.29 is 46.5 Å². The van der Waals surface area contributed by atoms with Crippen molar-refractivity contribution in [3.05, 3.63) is 35.9 Å². The molecule has 0 radical (unpaired) electrons. The lowest BCUT2D eigenvalue weighted by molar-refractivity contribution is -0.142. The lowest BCUT2D eigenvalue weighted by atomic mass is 9.84. The maximum absolute atomic E-state index is 13.9. The van der Waals surface area contributed by atoms with E-state index in [4.69, 9.17) is 5.73 Å². The van der Waals surface area contributed by atoms with E-state index in [1.165, 1.54) is 29.9 Å². The van der Waals surface area contributed by atoms with E-state index in [1.54, 1.807) is 13.8 Å². The monoisotopic (exact) mass is 856 g/mol. The molecule has 17 heteroatoms. The number of hydrogen-bond donors (Lipinski definition) is 7. The van der Waals surface area contributed by atoms with Gasteiger partial charge >= 0.3 is 11.9 Å². The highest BCUT2D eigenvalue weighted by molar-refractivity contribution is 14.1. The van der Waals surface area contributed by atoms with Crippen LogP contribution in [-0.2, 0) is 47.8 Å². The molecular formula is C36H53IN6O10. The van der Waals surface area contributed by atoms with E-state index in [2.05, 4.69) is 29.7 Å².